The van der Waals surface area contributed by atoms with Gasteiger partial charge < -0.3 is 14.7 Å². The van der Waals surface area contributed by atoms with E-state index in [9.17, 15) is 9.18 Å². The van der Waals surface area contributed by atoms with Gasteiger partial charge in [-0.3, -0.25) is 9.89 Å². The van der Waals surface area contributed by atoms with Crippen LogP contribution < -0.4 is 4.90 Å². The fourth-order valence-electron chi connectivity index (χ4n) is 3.77. The number of carbonyl (C=O) groups is 1. The zero-order chi connectivity index (χ0) is 24.6. The van der Waals surface area contributed by atoms with Gasteiger partial charge in [0.2, 0.25) is 0 Å². The first-order valence-corrected chi connectivity index (χ1v) is 10.9. The van der Waals surface area contributed by atoms with Crippen LogP contribution >= 0.6 is 0 Å². The van der Waals surface area contributed by atoms with Crippen LogP contribution in [0.5, 0.6) is 0 Å². The molecule has 1 aliphatic rings. The maximum atomic E-state index is 15.0. The minimum absolute atomic E-state index is 0.163. The van der Waals surface area contributed by atoms with Crippen molar-refractivity contribution in [1.82, 2.24) is 4.90 Å². The summed E-state index contributed by atoms with van der Waals surface area (Å²) in [6, 6.07) is 15.7. The lowest BCUT2D eigenvalue weighted by Crippen LogP contribution is -2.44. The average molecular weight is 471 g/mol. The molecule has 3 rings (SSSR count). The van der Waals surface area contributed by atoms with Crippen molar-refractivity contribution >= 4 is 29.9 Å². The highest BCUT2D eigenvalue weighted by Crippen LogP contribution is 2.30. The molecule has 0 saturated carbocycles. The van der Waals surface area contributed by atoms with Crippen molar-refractivity contribution in [3.05, 3.63) is 72.4 Å². The summed E-state index contributed by atoms with van der Waals surface area (Å²) >= 11 is 0. The highest BCUT2D eigenvalue weighted by atomic mass is 19.1. The fourth-order valence-corrected chi connectivity index (χ4v) is 3.77. The Balaban J connectivity index is 1.81. The molecule has 1 fully saturated rings. The standard InChI is InChI=1S/C25H28F2N4O3/c1-19(31(21-6-4-3-5-7-21)22-10-8-20(26)9-11-22)29-23(16-28-2)30-14-12-25(27,13-15-30)18-34-17-24(32)33/h3-11,16H,2,12-15,17-18H2,1H3,(H,32,33)/b23-16+,29-19+. The van der Waals surface area contributed by atoms with Gasteiger partial charge in [-0.25, -0.2) is 18.6 Å². The van der Waals surface area contributed by atoms with Crippen LogP contribution in [-0.4, -0.2) is 60.5 Å². The van der Waals surface area contributed by atoms with Gasteiger partial charge in [-0.15, -0.1) is 0 Å². The third-order valence-corrected chi connectivity index (χ3v) is 5.48. The molecule has 0 amide bonds. The molecular weight excluding hydrogens is 442 g/mol. The van der Waals surface area contributed by atoms with Gasteiger partial charge in [-0.05, 0) is 50.0 Å². The van der Waals surface area contributed by atoms with E-state index in [4.69, 9.17) is 14.8 Å². The van der Waals surface area contributed by atoms with Crippen molar-refractivity contribution in [3.8, 4) is 0 Å². The van der Waals surface area contributed by atoms with Crippen LogP contribution in [0.1, 0.15) is 19.8 Å². The number of aliphatic carboxylic acids is 1. The van der Waals surface area contributed by atoms with Gasteiger partial charge in [0, 0.05) is 37.3 Å². The molecule has 1 heterocycles. The van der Waals surface area contributed by atoms with E-state index in [0.717, 1.165) is 11.4 Å². The summed E-state index contributed by atoms with van der Waals surface area (Å²) < 4.78 is 33.6. The quantitative estimate of drug-likeness (QED) is 0.421. The monoisotopic (exact) mass is 470 g/mol. The van der Waals surface area contributed by atoms with E-state index >= 15 is 4.39 Å². The Morgan fingerprint density at radius 1 is 1.18 bits per heavy atom. The second-order valence-corrected chi connectivity index (χ2v) is 8.00. The highest BCUT2D eigenvalue weighted by Gasteiger charge is 2.35. The number of hydrogen-bond donors (Lipinski definition) is 1. The summed E-state index contributed by atoms with van der Waals surface area (Å²) in [7, 11) is 0. The topological polar surface area (TPSA) is 77.7 Å². The molecule has 0 spiro atoms. The fraction of sp³-hybridized carbons (Fsp3) is 0.320. The van der Waals surface area contributed by atoms with Gasteiger partial charge in [0.25, 0.3) is 0 Å². The van der Waals surface area contributed by atoms with E-state index < -0.39 is 18.2 Å². The Bertz CT molecular complexity index is 1030. The molecule has 180 valence electrons. The largest absolute Gasteiger partial charge is 0.480 e. The van der Waals surface area contributed by atoms with Crippen LogP contribution in [0.2, 0.25) is 0 Å². The number of amidine groups is 1. The van der Waals surface area contributed by atoms with Crippen molar-refractivity contribution in [2.45, 2.75) is 25.4 Å². The van der Waals surface area contributed by atoms with E-state index in [1.54, 1.807) is 12.1 Å². The number of ether oxygens (including phenoxy) is 1. The highest BCUT2D eigenvalue weighted by molar-refractivity contribution is 6.03. The molecule has 0 aromatic heterocycles. The van der Waals surface area contributed by atoms with Crippen molar-refractivity contribution in [2.24, 2.45) is 9.98 Å². The number of nitrogens with zero attached hydrogens (tertiary/aromatic N) is 4. The summed E-state index contributed by atoms with van der Waals surface area (Å²) in [5, 5.41) is 8.69. The van der Waals surface area contributed by atoms with Crippen LogP contribution in [0.3, 0.4) is 0 Å². The number of hydrogen-bond acceptors (Lipinski definition) is 5. The lowest BCUT2D eigenvalue weighted by molar-refractivity contribution is -0.144. The Labute approximate surface area is 197 Å². The van der Waals surface area contributed by atoms with E-state index in [-0.39, 0.29) is 25.3 Å². The Hall–Kier alpha value is -3.59. The van der Waals surface area contributed by atoms with Gasteiger partial charge in [-0.1, -0.05) is 18.2 Å². The van der Waals surface area contributed by atoms with Crippen LogP contribution in [0.15, 0.2) is 76.6 Å². The number of likely N-dealkylation sites (tertiary alicyclic amines) is 1. The van der Waals surface area contributed by atoms with Crippen LogP contribution in [0.4, 0.5) is 20.2 Å². The zero-order valence-electron chi connectivity index (χ0n) is 19.0. The molecule has 34 heavy (non-hydrogen) atoms. The molecule has 1 aliphatic heterocycles. The molecule has 0 atom stereocenters. The van der Waals surface area contributed by atoms with Crippen LogP contribution in [0.25, 0.3) is 0 Å². The summed E-state index contributed by atoms with van der Waals surface area (Å²) in [5.41, 5.74) is -0.0169. The van der Waals surface area contributed by atoms with E-state index in [0.29, 0.717) is 24.7 Å². The molecule has 1 N–H and O–H groups in total. The van der Waals surface area contributed by atoms with Crippen LogP contribution in [0, 0.1) is 5.82 Å². The maximum Gasteiger partial charge on any atom is 0.329 e. The number of carboxylic acids is 1. The number of anilines is 2. The van der Waals surface area contributed by atoms with E-state index in [1.165, 1.54) is 18.3 Å². The normalized spacial score (nSPS) is 16.3. The van der Waals surface area contributed by atoms with Gasteiger partial charge >= 0.3 is 5.97 Å². The molecule has 9 heteroatoms. The minimum Gasteiger partial charge on any atom is -0.480 e. The lowest BCUT2D eigenvalue weighted by atomic mass is 9.94. The molecule has 2 aromatic rings. The van der Waals surface area contributed by atoms with Crippen LogP contribution in [-0.2, 0) is 9.53 Å². The van der Waals surface area contributed by atoms with Crippen molar-refractivity contribution in [1.29, 1.82) is 0 Å². The van der Waals surface area contributed by atoms with Gasteiger partial charge in [0.1, 0.15) is 29.7 Å². The zero-order valence-corrected chi connectivity index (χ0v) is 19.0. The third kappa shape index (κ3) is 6.71. The Kier molecular flexibility index (Phi) is 8.48. The second-order valence-electron chi connectivity index (χ2n) is 8.00. The number of carboxylic acid groups (broad SMARTS) is 1. The SMILES string of the molecule is C=N/C=C(\N=C(/C)N(c1ccccc1)c1ccc(F)cc1)N1CCC(F)(COCC(=O)O)CC1. The summed E-state index contributed by atoms with van der Waals surface area (Å²) in [5.74, 6) is -0.339. The van der Waals surface area contributed by atoms with E-state index in [1.807, 2.05) is 47.1 Å². The molecule has 2 aromatic carbocycles. The van der Waals surface area contributed by atoms with Crippen molar-refractivity contribution < 1.29 is 23.4 Å². The first kappa shape index (κ1) is 25.0. The maximum absolute atomic E-state index is 15.0. The Morgan fingerprint density at radius 3 is 2.38 bits per heavy atom. The minimum atomic E-state index is -1.60. The summed E-state index contributed by atoms with van der Waals surface area (Å²) in [6.07, 6.45) is 1.84. The molecular formula is C25H28F2N4O3. The molecule has 7 nitrogen and oxygen atoms in total. The number of aliphatic imine (C=N–C) groups is 2. The van der Waals surface area contributed by atoms with Gasteiger partial charge in [0.05, 0.1) is 12.8 Å². The average Bonchev–Trinajstić information content (AvgIpc) is 2.81. The van der Waals surface area contributed by atoms with Crippen molar-refractivity contribution in [2.75, 3.05) is 31.2 Å². The first-order valence-electron chi connectivity index (χ1n) is 10.9. The number of piperidine rings is 1. The van der Waals surface area contributed by atoms with E-state index in [2.05, 4.69) is 11.7 Å². The Morgan fingerprint density at radius 2 is 1.79 bits per heavy atom. The number of para-hydroxylation sites is 1. The molecule has 0 aliphatic carbocycles. The predicted octanol–water partition coefficient (Wildman–Crippen LogP) is 4.79. The van der Waals surface area contributed by atoms with Crippen molar-refractivity contribution in [3.63, 3.8) is 0 Å². The molecule has 0 unspecified atom stereocenters. The number of rotatable bonds is 9. The van der Waals surface area contributed by atoms with Gasteiger partial charge in [-0.2, -0.15) is 0 Å². The second kappa shape index (κ2) is 11.5. The lowest BCUT2D eigenvalue weighted by Gasteiger charge is -2.37. The van der Waals surface area contributed by atoms with Gasteiger partial charge in [0.15, 0.2) is 0 Å². The molecule has 1 saturated heterocycles. The number of alkyl halides is 1. The molecule has 0 radical (unpaired) electrons. The third-order valence-electron chi connectivity index (χ3n) is 5.48. The number of benzene rings is 2. The predicted molar refractivity (Wildman–Crippen MR) is 129 cm³/mol. The molecule has 0 bridgehead atoms. The first-order chi connectivity index (χ1) is 16.3. The summed E-state index contributed by atoms with van der Waals surface area (Å²) in [4.78, 5) is 23.1. The number of halogens is 2. The smallest absolute Gasteiger partial charge is 0.329 e. The summed E-state index contributed by atoms with van der Waals surface area (Å²) in [6.45, 7) is 5.28.